The highest BCUT2D eigenvalue weighted by atomic mass is 32.2. The molecule has 42 heavy (non-hydrogen) atoms. The molecule has 10 unspecified atom stereocenters. The molecule has 5 rings (SSSR count). The predicted molar refractivity (Wildman–Crippen MR) is 135 cm³/mol. The van der Waals surface area contributed by atoms with Gasteiger partial charge in [-0.2, -0.15) is 17.2 Å². The molecule has 0 amide bonds. The number of alkyl halides is 2. The summed E-state index contributed by atoms with van der Waals surface area (Å²) >= 11 is 0. The Morgan fingerprint density at radius 1 is 1.12 bits per heavy atom. The number of hydrogen-bond donors (Lipinski definition) is 1. The first-order valence-electron chi connectivity index (χ1n) is 14.1. The molecule has 15 heteroatoms. The Morgan fingerprint density at radius 2 is 1.76 bits per heavy atom. The third kappa shape index (κ3) is 4.27. The maximum atomic E-state index is 13.8. The van der Waals surface area contributed by atoms with Gasteiger partial charge in [0.15, 0.2) is 18.3 Å². The first-order valence-corrected chi connectivity index (χ1v) is 15.6. The summed E-state index contributed by atoms with van der Waals surface area (Å²) in [5.74, 6) is -5.19. The number of carbonyl (C=O) groups excluding carboxylic acids is 4. The second-order valence-electron chi connectivity index (χ2n) is 12.9. The van der Waals surface area contributed by atoms with Crippen molar-refractivity contribution in [1.82, 2.24) is 0 Å². The van der Waals surface area contributed by atoms with Crippen molar-refractivity contribution in [2.45, 2.75) is 115 Å². The Labute approximate surface area is 241 Å². The van der Waals surface area contributed by atoms with E-state index in [4.69, 9.17) is 23.5 Å². The van der Waals surface area contributed by atoms with E-state index in [9.17, 15) is 36.4 Å². The van der Waals surface area contributed by atoms with Gasteiger partial charge in [0, 0.05) is 5.41 Å². The minimum atomic E-state index is -5.84. The van der Waals surface area contributed by atoms with Crippen LogP contribution in [0.1, 0.15) is 73.1 Å². The number of esters is 4. The molecule has 5 aliphatic rings. The molecule has 0 radical (unpaired) electrons. The summed E-state index contributed by atoms with van der Waals surface area (Å²) in [6.07, 6.45) is -4.64. The molecule has 0 aromatic rings. The zero-order chi connectivity index (χ0) is 31.2. The standard InChI is InChI=1S/C27H36F2O12S/c1-6-26(11-13-9-10-25(26,5)24(13,3)4)41-23(33)17-16-18-21(40-22(16)32)20(19(17)39-18)38-15(31)8-7-14(30)37-12(2)27(28,29)42(34,35)36/h12-13,16-21H,6-11H2,1-5H3,(H,34,35,36). The average Bonchev–Trinajstić information content (AvgIpc) is 3.60. The Morgan fingerprint density at radius 3 is 2.31 bits per heavy atom. The molecule has 0 spiro atoms. The Hall–Kier alpha value is -2.39. The fourth-order valence-electron chi connectivity index (χ4n) is 8.10. The van der Waals surface area contributed by atoms with Gasteiger partial charge in [0.25, 0.3) is 0 Å². The maximum Gasteiger partial charge on any atom is 0.405 e. The van der Waals surface area contributed by atoms with E-state index in [0.717, 1.165) is 12.8 Å². The van der Waals surface area contributed by atoms with Gasteiger partial charge in [-0.1, -0.05) is 27.7 Å². The Balaban J connectivity index is 1.24. The molecule has 10 atom stereocenters. The monoisotopic (exact) mass is 622 g/mol. The van der Waals surface area contributed by atoms with Crippen LogP contribution in [-0.4, -0.2) is 78.2 Å². The summed E-state index contributed by atoms with van der Waals surface area (Å²) in [6.45, 7) is 9.09. The van der Waals surface area contributed by atoms with Gasteiger partial charge in [-0.3, -0.25) is 23.7 Å². The summed E-state index contributed by atoms with van der Waals surface area (Å²) < 4.78 is 85.0. The van der Waals surface area contributed by atoms with Gasteiger partial charge in [-0.05, 0) is 43.9 Å². The minimum absolute atomic E-state index is 0.0505. The van der Waals surface area contributed by atoms with E-state index >= 15 is 0 Å². The molecular formula is C27H36F2O12S. The summed E-state index contributed by atoms with van der Waals surface area (Å²) in [5, 5.41) is -4.75. The molecule has 1 N–H and O–H groups in total. The van der Waals surface area contributed by atoms with Crippen molar-refractivity contribution >= 4 is 34.0 Å². The minimum Gasteiger partial charge on any atom is -0.458 e. The second kappa shape index (κ2) is 9.81. The lowest BCUT2D eigenvalue weighted by molar-refractivity contribution is -0.190. The van der Waals surface area contributed by atoms with Gasteiger partial charge >= 0.3 is 39.2 Å². The molecule has 3 aliphatic heterocycles. The first kappa shape index (κ1) is 31.0. The highest BCUT2D eigenvalue weighted by molar-refractivity contribution is 7.86. The Bertz CT molecular complexity index is 1300. The van der Waals surface area contributed by atoms with Gasteiger partial charge < -0.3 is 23.7 Å². The number of fused-ring (bicyclic) bond motifs is 3. The number of ether oxygens (including phenoxy) is 5. The van der Waals surface area contributed by atoms with E-state index in [1.165, 1.54) is 0 Å². The lowest BCUT2D eigenvalue weighted by Crippen LogP contribution is -2.53. The van der Waals surface area contributed by atoms with Gasteiger partial charge in [-0.25, -0.2) is 0 Å². The normalized spacial score (nSPS) is 40.1. The smallest absolute Gasteiger partial charge is 0.405 e. The lowest BCUT2D eigenvalue weighted by atomic mass is 9.63. The van der Waals surface area contributed by atoms with Crippen molar-refractivity contribution in [3.8, 4) is 0 Å². The fraction of sp³-hybridized carbons (Fsp3) is 0.852. The zero-order valence-corrected chi connectivity index (χ0v) is 24.8. The van der Waals surface area contributed by atoms with Crippen LogP contribution >= 0.6 is 0 Å². The van der Waals surface area contributed by atoms with Crippen molar-refractivity contribution < 1.29 is 64.6 Å². The molecule has 2 aliphatic carbocycles. The Kier molecular flexibility index (Phi) is 7.25. The molecule has 236 valence electrons. The fourth-order valence-corrected chi connectivity index (χ4v) is 8.57. The van der Waals surface area contributed by atoms with Gasteiger partial charge in [-0.15, -0.1) is 0 Å². The lowest BCUT2D eigenvalue weighted by Gasteiger charge is -2.48. The van der Waals surface area contributed by atoms with Crippen molar-refractivity contribution in [2.24, 2.45) is 28.6 Å². The topological polar surface area (TPSA) is 169 Å². The summed E-state index contributed by atoms with van der Waals surface area (Å²) in [4.78, 5) is 51.1. The first-order chi connectivity index (χ1) is 19.3. The third-order valence-electron chi connectivity index (χ3n) is 11.0. The third-order valence-corrected chi connectivity index (χ3v) is 12.0. The number of carbonyl (C=O) groups is 4. The van der Waals surface area contributed by atoms with Gasteiger partial charge in [0.2, 0.25) is 0 Å². The summed E-state index contributed by atoms with van der Waals surface area (Å²) in [6, 6.07) is 0. The highest BCUT2D eigenvalue weighted by Gasteiger charge is 2.74. The quantitative estimate of drug-likeness (QED) is 0.215. The highest BCUT2D eigenvalue weighted by Crippen LogP contribution is 2.71. The molecule has 3 saturated heterocycles. The zero-order valence-electron chi connectivity index (χ0n) is 24.0. The van der Waals surface area contributed by atoms with Crippen LogP contribution in [0.15, 0.2) is 0 Å². The van der Waals surface area contributed by atoms with Crippen molar-refractivity contribution in [3.05, 3.63) is 0 Å². The number of halogens is 2. The van der Waals surface area contributed by atoms with Crippen LogP contribution in [0.2, 0.25) is 0 Å². The van der Waals surface area contributed by atoms with E-state index in [1.807, 2.05) is 6.92 Å². The second-order valence-corrected chi connectivity index (χ2v) is 14.4. The molecule has 12 nitrogen and oxygen atoms in total. The van der Waals surface area contributed by atoms with Crippen molar-refractivity contribution in [1.29, 1.82) is 0 Å². The molecule has 3 heterocycles. The molecule has 0 aromatic carbocycles. The van der Waals surface area contributed by atoms with Crippen LogP contribution in [0.4, 0.5) is 8.78 Å². The molecule has 4 bridgehead atoms. The van der Waals surface area contributed by atoms with E-state index in [-0.39, 0.29) is 10.8 Å². The van der Waals surface area contributed by atoms with Crippen LogP contribution < -0.4 is 0 Å². The largest absolute Gasteiger partial charge is 0.458 e. The number of rotatable bonds is 10. The van der Waals surface area contributed by atoms with Gasteiger partial charge in [0.05, 0.1) is 12.8 Å². The molecule has 2 saturated carbocycles. The summed E-state index contributed by atoms with van der Waals surface area (Å²) in [7, 11) is -5.84. The predicted octanol–water partition coefficient (Wildman–Crippen LogP) is 2.57. The van der Waals surface area contributed by atoms with Crippen LogP contribution in [0.5, 0.6) is 0 Å². The van der Waals surface area contributed by atoms with E-state index in [2.05, 4.69) is 25.5 Å². The number of hydrogen-bond acceptors (Lipinski definition) is 11. The van der Waals surface area contributed by atoms with Gasteiger partial charge in [0.1, 0.15) is 29.6 Å². The van der Waals surface area contributed by atoms with Crippen molar-refractivity contribution in [3.63, 3.8) is 0 Å². The molecule has 5 fully saturated rings. The van der Waals surface area contributed by atoms with E-state index in [0.29, 0.717) is 25.7 Å². The molecular weight excluding hydrogens is 586 g/mol. The summed E-state index contributed by atoms with van der Waals surface area (Å²) in [5.41, 5.74) is -1.04. The van der Waals surface area contributed by atoms with Crippen molar-refractivity contribution in [2.75, 3.05) is 0 Å². The maximum absolute atomic E-state index is 13.8. The molecule has 0 aromatic heterocycles. The van der Waals surface area contributed by atoms with E-state index in [1.54, 1.807) is 0 Å². The van der Waals surface area contributed by atoms with Crippen LogP contribution in [0.25, 0.3) is 0 Å². The van der Waals surface area contributed by atoms with E-state index < -0.39 is 100 Å². The average molecular weight is 623 g/mol. The SMILES string of the molecule is CCC1(OC(=O)C2C3OC4C(OC(=O)C42)C3OC(=O)CCC(=O)OC(C)C(F)(F)S(=O)(=O)O)CC2CCC1(C)C2(C)C. The van der Waals surface area contributed by atoms with Crippen LogP contribution in [0.3, 0.4) is 0 Å². The van der Waals surface area contributed by atoms with Crippen LogP contribution in [-0.2, 0) is 53.0 Å². The van der Waals surface area contributed by atoms with Crippen LogP contribution in [0, 0.1) is 28.6 Å².